The number of hydrogen-bond donors (Lipinski definition) is 7. The highest BCUT2D eigenvalue weighted by atomic mass is 16.3. The number of amides is 7. The molecule has 2 heterocycles. The Bertz CT molecular complexity index is 1420. The van der Waals surface area contributed by atoms with Crippen LogP contribution in [0.4, 0.5) is 0 Å². The third-order valence-corrected chi connectivity index (χ3v) is 9.19. The summed E-state index contributed by atoms with van der Waals surface area (Å²) < 4.78 is 0. The molecule has 15 nitrogen and oxygen atoms in total. The van der Waals surface area contributed by atoms with Gasteiger partial charge < -0.3 is 41.9 Å². The number of benzene rings is 1. The number of carbonyl (C=O) groups is 7. The molecule has 51 heavy (non-hydrogen) atoms. The van der Waals surface area contributed by atoms with Crippen molar-refractivity contribution in [2.24, 2.45) is 17.8 Å². The van der Waals surface area contributed by atoms with Crippen LogP contribution in [0.5, 0.6) is 5.75 Å². The van der Waals surface area contributed by atoms with E-state index in [1.54, 1.807) is 19.1 Å². The van der Waals surface area contributed by atoms with Crippen LogP contribution in [0.3, 0.4) is 0 Å². The van der Waals surface area contributed by atoms with Crippen molar-refractivity contribution in [3.05, 3.63) is 29.8 Å². The van der Waals surface area contributed by atoms with Crippen molar-refractivity contribution in [3.63, 3.8) is 0 Å². The average molecular weight is 714 g/mol. The summed E-state index contributed by atoms with van der Waals surface area (Å²) in [5, 5.41) is 25.8. The molecule has 2 saturated heterocycles. The molecule has 15 heteroatoms. The first kappa shape index (κ1) is 40.7. The monoisotopic (exact) mass is 713 g/mol. The van der Waals surface area contributed by atoms with E-state index in [-0.39, 0.29) is 49.3 Å². The molecule has 0 spiro atoms. The zero-order valence-electron chi connectivity index (χ0n) is 30.5. The molecular weight excluding hydrogens is 658 g/mol. The van der Waals surface area contributed by atoms with E-state index in [2.05, 4.69) is 31.9 Å². The largest absolute Gasteiger partial charge is 0.508 e. The molecule has 7 N–H and O–H groups in total. The summed E-state index contributed by atoms with van der Waals surface area (Å²) in [4.78, 5) is 95.8. The molecule has 2 aliphatic rings. The highest BCUT2D eigenvalue weighted by molar-refractivity contribution is 5.97. The molecule has 0 saturated carbocycles. The first-order chi connectivity index (χ1) is 24.1. The van der Waals surface area contributed by atoms with Gasteiger partial charge in [-0.2, -0.15) is 0 Å². The molecule has 1 aromatic rings. The molecule has 6 atom stereocenters. The molecule has 6 unspecified atom stereocenters. The fourth-order valence-electron chi connectivity index (χ4n) is 6.24. The number of nitrogens with zero attached hydrogens (tertiary/aromatic N) is 1. The Hall–Kier alpha value is -4.69. The lowest BCUT2D eigenvalue weighted by molar-refractivity contribution is -0.142. The van der Waals surface area contributed by atoms with E-state index in [1.807, 2.05) is 34.6 Å². The molecule has 0 radical (unpaired) electrons. The van der Waals surface area contributed by atoms with Crippen LogP contribution in [-0.2, 0) is 40.0 Å². The minimum absolute atomic E-state index is 0.0114. The number of phenols is 1. The Morgan fingerprint density at radius 3 is 1.90 bits per heavy atom. The summed E-state index contributed by atoms with van der Waals surface area (Å²) in [6.45, 7) is 10.5. The van der Waals surface area contributed by atoms with Gasteiger partial charge in [0.05, 0.1) is 13.1 Å². The van der Waals surface area contributed by atoms with Crippen LogP contribution in [0.25, 0.3) is 0 Å². The second-order valence-corrected chi connectivity index (χ2v) is 14.4. The Morgan fingerprint density at radius 2 is 1.29 bits per heavy atom. The first-order valence-electron chi connectivity index (χ1n) is 17.9. The van der Waals surface area contributed by atoms with Gasteiger partial charge in [-0.05, 0) is 61.1 Å². The highest BCUT2D eigenvalue weighted by Crippen LogP contribution is 2.21. The van der Waals surface area contributed by atoms with Gasteiger partial charge in [-0.15, -0.1) is 0 Å². The summed E-state index contributed by atoms with van der Waals surface area (Å²) in [5.41, 5.74) is 0.632. The standard InChI is InChI=1S/C36H55N7O8/c1-7-22(6)31-35(50)41-25(15-20(2)3)32(47)38-18-29(45)37-19-30(46)39-27(17-23-10-12-24(44)13-11-23)36(51)43-14-8-9-28(43)34(49)40-26(16-21(4)5)33(48)42-31/h10-13,20-22,25-28,31,44H,7-9,14-19H2,1-6H3,(H,37,45)(H,38,47)(H,39,46)(H,40,49)(H,41,50)(H,42,48). The molecule has 0 aromatic heterocycles. The maximum atomic E-state index is 14.0. The van der Waals surface area contributed by atoms with Gasteiger partial charge in [-0.25, -0.2) is 0 Å². The van der Waals surface area contributed by atoms with Gasteiger partial charge in [0.2, 0.25) is 41.4 Å². The van der Waals surface area contributed by atoms with Crippen molar-refractivity contribution >= 4 is 41.4 Å². The van der Waals surface area contributed by atoms with E-state index in [4.69, 9.17) is 0 Å². The predicted molar refractivity (Wildman–Crippen MR) is 189 cm³/mol. The normalized spacial score (nSPS) is 25.5. The number of rotatable bonds is 8. The SMILES string of the molecule is CCC(C)C1NC(=O)C(CC(C)C)NC(=O)C2CCCN2C(=O)C(Cc2ccc(O)cc2)NC(=O)CNC(=O)CNC(=O)C(CC(C)C)NC1=O. The Balaban J connectivity index is 1.99. The van der Waals surface area contributed by atoms with Crippen molar-refractivity contribution in [3.8, 4) is 5.75 Å². The molecule has 3 rings (SSSR count). The smallest absolute Gasteiger partial charge is 0.246 e. The number of hydrogen-bond acceptors (Lipinski definition) is 8. The van der Waals surface area contributed by atoms with Gasteiger partial charge >= 0.3 is 0 Å². The van der Waals surface area contributed by atoms with Crippen molar-refractivity contribution in [1.29, 1.82) is 0 Å². The maximum absolute atomic E-state index is 14.0. The zero-order valence-corrected chi connectivity index (χ0v) is 30.5. The van der Waals surface area contributed by atoms with Crippen molar-refractivity contribution in [2.45, 2.75) is 110 Å². The Kier molecular flexibility index (Phi) is 15.2. The Morgan fingerprint density at radius 1 is 0.706 bits per heavy atom. The lowest BCUT2D eigenvalue weighted by Gasteiger charge is -2.31. The maximum Gasteiger partial charge on any atom is 0.246 e. The average Bonchev–Trinajstić information content (AvgIpc) is 3.57. The van der Waals surface area contributed by atoms with Crippen LogP contribution in [0.1, 0.15) is 79.2 Å². The van der Waals surface area contributed by atoms with Crippen LogP contribution in [-0.4, -0.2) is 101 Å². The molecule has 282 valence electrons. The summed E-state index contributed by atoms with van der Waals surface area (Å²) in [6, 6.07) is 1.02. The summed E-state index contributed by atoms with van der Waals surface area (Å²) in [5.74, 6) is -4.49. The molecule has 0 aliphatic carbocycles. The summed E-state index contributed by atoms with van der Waals surface area (Å²) >= 11 is 0. The molecule has 0 bridgehead atoms. The number of carbonyl (C=O) groups excluding carboxylic acids is 7. The van der Waals surface area contributed by atoms with E-state index < -0.39 is 84.6 Å². The van der Waals surface area contributed by atoms with Gasteiger partial charge in [0, 0.05) is 13.0 Å². The Labute approximate surface area is 299 Å². The van der Waals surface area contributed by atoms with Gasteiger partial charge in [0.15, 0.2) is 0 Å². The van der Waals surface area contributed by atoms with E-state index in [1.165, 1.54) is 17.0 Å². The third kappa shape index (κ3) is 12.2. The zero-order chi connectivity index (χ0) is 37.8. The van der Waals surface area contributed by atoms with E-state index >= 15 is 0 Å². The molecule has 7 amide bonds. The number of fused-ring (bicyclic) bond motifs is 1. The van der Waals surface area contributed by atoms with Crippen molar-refractivity contribution < 1.29 is 38.7 Å². The van der Waals surface area contributed by atoms with Crippen molar-refractivity contribution in [1.82, 2.24) is 36.8 Å². The molecule has 2 fully saturated rings. The van der Waals surface area contributed by atoms with E-state index in [9.17, 15) is 38.7 Å². The van der Waals surface area contributed by atoms with E-state index in [0.717, 1.165) is 0 Å². The molecule has 2 aliphatic heterocycles. The van der Waals surface area contributed by atoms with Crippen LogP contribution in [0, 0.1) is 17.8 Å². The van der Waals surface area contributed by atoms with Crippen LogP contribution >= 0.6 is 0 Å². The highest BCUT2D eigenvalue weighted by Gasteiger charge is 2.40. The molecular formula is C36H55N7O8. The lowest BCUT2D eigenvalue weighted by Crippen LogP contribution is -2.60. The fourth-order valence-corrected chi connectivity index (χ4v) is 6.24. The van der Waals surface area contributed by atoms with Gasteiger partial charge in [0.1, 0.15) is 36.0 Å². The fraction of sp³-hybridized carbons (Fsp3) is 0.639. The second kappa shape index (κ2) is 19.1. The van der Waals surface area contributed by atoms with Crippen molar-refractivity contribution in [2.75, 3.05) is 19.6 Å². The number of aromatic hydroxyl groups is 1. The first-order valence-corrected chi connectivity index (χ1v) is 17.9. The quantitative estimate of drug-likeness (QED) is 0.198. The van der Waals surface area contributed by atoms with Gasteiger partial charge in [0.25, 0.3) is 0 Å². The van der Waals surface area contributed by atoms with Crippen LogP contribution < -0.4 is 31.9 Å². The van der Waals surface area contributed by atoms with Crippen LogP contribution in [0.2, 0.25) is 0 Å². The van der Waals surface area contributed by atoms with Gasteiger partial charge in [-0.1, -0.05) is 60.1 Å². The third-order valence-electron chi connectivity index (χ3n) is 9.19. The van der Waals surface area contributed by atoms with Crippen LogP contribution in [0.15, 0.2) is 24.3 Å². The van der Waals surface area contributed by atoms with E-state index in [0.29, 0.717) is 24.8 Å². The number of nitrogens with one attached hydrogen (secondary N) is 6. The topological polar surface area (TPSA) is 215 Å². The summed E-state index contributed by atoms with van der Waals surface area (Å²) in [6.07, 6.45) is 1.92. The minimum Gasteiger partial charge on any atom is -0.508 e. The second-order valence-electron chi connectivity index (χ2n) is 14.4. The minimum atomic E-state index is -1.12. The number of phenolic OH excluding ortho intramolecular Hbond substituents is 1. The lowest BCUT2D eigenvalue weighted by atomic mass is 9.95. The molecule has 1 aromatic carbocycles. The predicted octanol–water partition coefficient (Wildman–Crippen LogP) is 0.249. The van der Waals surface area contributed by atoms with Gasteiger partial charge in [-0.3, -0.25) is 33.6 Å². The summed E-state index contributed by atoms with van der Waals surface area (Å²) in [7, 11) is 0.